The molecule has 0 spiro atoms. The van der Waals surface area contributed by atoms with Crippen molar-refractivity contribution in [3.05, 3.63) is 10.7 Å². The molecule has 0 aliphatic heterocycles. The van der Waals surface area contributed by atoms with E-state index in [2.05, 4.69) is 31.2 Å². The number of nitrogens with one attached hydrogen (secondary N) is 1. The van der Waals surface area contributed by atoms with Crippen LogP contribution in [0.25, 0.3) is 0 Å². The number of hydrogen-bond donors (Lipinski definition) is 3. The maximum absolute atomic E-state index is 10.7. The van der Waals surface area contributed by atoms with Gasteiger partial charge < -0.3 is 16.8 Å². The third kappa shape index (κ3) is 2.84. The molecule has 1 rings (SSSR count). The topological polar surface area (TPSA) is 107 Å². The van der Waals surface area contributed by atoms with Gasteiger partial charge in [-0.25, -0.2) is 4.98 Å². The van der Waals surface area contributed by atoms with E-state index in [0.717, 1.165) is 0 Å². The Morgan fingerprint density at radius 1 is 1.64 bits per heavy atom. The van der Waals surface area contributed by atoms with Crippen molar-refractivity contribution in [1.29, 1.82) is 0 Å². The van der Waals surface area contributed by atoms with E-state index in [9.17, 15) is 4.79 Å². The predicted octanol–water partition coefficient (Wildman–Crippen LogP) is 0.107. The first-order chi connectivity index (χ1) is 6.49. The molecule has 0 radical (unpaired) electrons. The zero-order chi connectivity index (χ0) is 10.7. The minimum atomic E-state index is -0.538. The Morgan fingerprint density at radius 2 is 2.29 bits per heavy atom. The lowest BCUT2D eigenvalue weighted by Crippen LogP contribution is -2.33. The molecular weight excluding hydrogens is 250 g/mol. The van der Waals surface area contributed by atoms with Crippen molar-refractivity contribution in [2.45, 2.75) is 13.0 Å². The van der Waals surface area contributed by atoms with Crippen molar-refractivity contribution in [3.63, 3.8) is 0 Å². The molecule has 76 valence electrons. The summed E-state index contributed by atoms with van der Waals surface area (Å²) in [5.41, 5.74) is 10.5. The third-order valence-corrected chi connectivity index (χ3v) is 1.89. The van der Waals surface area contributed by atoms with Gasteiger partial charge in [0, 0.05) is 6.07 Å². The summed E-state index contributed by atoms with van der Waals surface area (Å²) in [5, 5.41) is 2.72. The molecule has 0 fully saturated rings. The van der Waals surface area contributed by atoms with Crippen molar-refractivity contribution in [2.75, 3.05) is 11.1 Å². The largest absolute Gasteiger partial charge is 0.383 e. The van der Waals surface area contributed by atoms with Crippen LogP contribution in [0.4, 0.5) is 11.8 Å². The number of carbonyl (C=O) groups excluding carboxylic acids is 1. The monoisotopic (exact) mass is 259 g/mol. The van der Waals surface area contributed by atoms with E-state index in [4.69, 9.17) is 11.5 Å². The Labute approximate surface area is 89.2 Å². The average molecular weight is 260 g/mol. The molecule has 1 heterocycles. The van der Waals surface area contributed by atoms with E-state index in [1.54, 1.807) is 13.0 Å². The van der Waals surface area contributed by atoms with E-state index in [1.165, 1.54) is 0 Å². The molecule has 1 atom stereocenters. The minimum absolute atomic E-state index is 0.267. The highest BCUT2D eigenvalue weighted by molar-refractivity contribution is 9.10. The fourth-order valence-corrected chi connectivity index (χ4v) is 1.17. The Balaban J connectivity index is 2.81. The van der Waals surface area contributed by atoms with Gasteiger partial charge in [0.1, 0.15) is 16.5 Å². The highest BCUT2D eigenvalue weighted by Gasteiger charge is 2.10. The fourth-order valence-electron chi connectivity index (χ4n) is 0.764. The average Bonchev–Trinajstić information content (AvgIpc) is 2.01. The van der Waals surface area contributed by atoms with Gasteiger partial charge in [-0.1, -0.05) is 0 Å². The molecule has 0 saturated heterocycles. The molecule has 1 amide bonds. The van der Waals surface area contributed by atoms with Gasteiger partial charge in [-0.3, -0.25) is 4.79 Å². The number of nitrogens with zero attached hydrogens (tertiary/aromatic N) is 2. The molecule has 0 saturated carbocycles. The fraction of sp³-hybridized carbons (Fsp3) is 0.286. The summed E-state index contributed by atoms with van der Waals surface area (Å²) in [7, 11) is 0. The number of primary amides is 1. The summed E-state index contributed by atoms with van der Waals surface area (Å²) >= 11 is 3.15. The van der Waals surface area contributed by atoms with Gasteiger partial charge in [0.05, 0.1) is 0 Å². The van der Waals surface area contributed by atoms with Crippen LogP contribution in [0.5, 0.6) is 0 Å². The molecule has 0 aromatic carbocycles. The lowest BCUT2D eigenvalue weighted by Gasteiger charge is -2.09. The van der Waals surface area contributed by atoms with Gasteiger partial charge in [0.2, 0.25) is 11.9 Å². The maximum Gasteiger partial charge on any atom is 0.239 e. The number of nitrogen functional groups attached to an aromatic ring is 1. The lowest BCUT2D eigenvalue weighted by atomic mass is 10.3. The van der Waals surface area contributed by atoms with Gasteiger partial charge >= 0.3 is 0 Å². The molecule has 1 unspecified atom stereocenters. The maximum atomic E-state index is 10.7. The molecule has 0 aliphatic carbocycles. The Hall–Kier alpha value is -1.37. The van der Waals surface area contributed by atoms with Gasteiger partial charge in [-0.15, -0.1) is 0 Å². The number of halogens is 1. The van der Waals surface area contributed by atoms with Crippen molar-refractivity contribution in [3.8, 4) is 0 Å². The van der Waals surface area contributed by atoms with Gasteiger partial charge in [-0.05, 0) is 22.9 Å². The first-order valence-electron chi connectivity index (χ1n) is 3.85. The summed E-state index contributed by atoms with van der Waals surface area (Å²) in [6.45, 7) is 1.61. The Kier molecular flexibility index (Phi) is 3.23. The molecule has 7 heteroatoms. The first kappa shape index (κ1) is 10.7. The second-order valence-corrected chi connectivity index (χ2v) is 3.52. The van der Waals surface area contributed by atoms with Crippen molar-refractivity contribution < 1.29 is 4.79 Å². The minimum Gasteiger partial charge on any atom is -0.383 e. The number of nitrogens with two attached hydrogens (primary N) is 2. The van der Waals surface area contributed by atoms with Crippen LogP contribution < -0.4 is 16.8 Å². The van der Waals surface area contributed by atoms with Crippen LogP contribution >= 0.6 is 15.9 Å². The Morgan fingerprint density at radius 3 is 2.79 bits per heavy atom. The van der Waals surface area contributed by atoms with Gasteiger partial charge in [-0.2, -0.15) is 4.98 Å². The third-order valence-electron chi connectivity index (χ3n) is 1.49. The summed E-state index contributed by atoms with van der Waals surface area (Å²) in [6.07, 6.45) is 0. The smallest absolute Gasteiger partial charge is 0.239 e. The molecule has 1 aromatic heterocycles. The summed E-state index contributed by atoms with van der Waals surface area (Å²) < 4.78 is 0.546. The first-order valence-corrected chi connectivity index (χ1v) is 4.64. The number of anilines is 2. The van der Waals surface area contributed by atoms with Crippen LogP contribution in [0.1, 0.15) is 6.92 Å². The van der Waals surface area contributed by atoms with E-state index in [0.29, 0.717) is 10.4 Å². The van der Waals surface area contributed by atoms with E-state index >= 15 is 0 Å². The van der Waals surface area contributed by atoms with Crippen LogP contribution in [0.2, 0.25) is 0 Å². The quantitative estimate of drug-likeness (QED) is 0.668. The molecule has 1 aromatic rings. The highest BCUT2D eigenvalue weighted by Crippen LogP contribution is 2.12. The standard InChI is InChI=1S/C7H10BrN5O/c1-3(6(10)14)11-7-12-4(8)2-5(9)13-7/h2-3H,1H3,(H2,10,14)(H3,9,11,12,13). The van der Waals surface area contributed by atoms with E-state index in [-0.39, 0.29) is 5.95 Å². The molecule has 6 nitrogen and oxygen atoms in total. The summed E-state index contributed by atoms with van der Waals surface area (Å²) in [4.78, 5) is 18.6. The van der Waals surface area contributed by atoms with E-state index in [1.807, 2.05) is 0 Å². The van der Waals surface area contributed by atoms with Crippen molar-refractivity contribution in [1.82, 2.24) is 9.97 Å². The van der Waals surface area contributed by atoms with Crippen molar-refractivity contribution in [2.24, 2.45) is 5.73 Å². The SMILES string of the molecule is CC(Nc1nc(N)cc(Br)n1)C(N)=O. The van der Waals surface area contributed by atoms with Gasteiger partial charge in [0.15, 0.2) is 0 Å². The lowest BCUT2D eigenvalue weighted by molar-refractivity contribution is -0.118. The van der Waals surface area contributed by atoms with E-state index < -0.39 is 11.9 Å². The normalized spacial score (nSPS) is 12.1. The molecule has 0 bridgehead atoms. The number of rotatable bonds is 3. The van der Waals surface area contributed by atoms with Crippen LogP contribution in [0.3, 0.4) is 0 Å². The number of carbonyl (C=O) groups is 1. The summed E-state index contributed by atoms with van der Waals surface area (Å²) in [5.74, 6) is 0.0985. The second kappa shape index (κ2) is 4.23. The summed E-state index contributed by atoms with van der Waals surface area (Å²) in [6, 6.07) is 1.02. The number of aromatic nitrogens is 2. The van der Waals surface area contributed by atoms with Crippen LogP contribution in [0.15, 0.2) is 10.7 Å². The van der Waals surface area contributed by atoms with Crippen LogP contribution in [0, 0.1) is 0 Å². The van der Waals surface area contributed by atoms with Crippen molar-refractivity contribution >= 4 is 33.6 Å². The molecule has 14 heavy (non-hydrogen) atoms. The molecule has 0 aliphatic rings. The predicted molar refractivity (Wildman–Crippen MR) is 56.4 cm³/mol. The number of amides is 1. The molecular formula is C7H10BrN5O. The van der Waals surface area contributed by atoms with Gasteiger partial charge in [0.25, 0.3) is 0 Å². The van der Waals surface area contributed by atoms with Crippen LogP contribution in [-0.2, 0) is 4.79 Å². The second-order valence-electron chi connectivity index (χ2n) is 2.71. The highest BCUT2D eigenvalue weighted by atomic mass is 79.9. The number of hydrogen-bond acceptors (Lipinski definition) is 5. The zero-order valence-electron chi connectivity index (χ0n) is 7.49. The van der Waals surface area contributed by atoms with Crippen LogP contribution in [-0.4, -0.2) is 21.9 Å². The molecule has 5 N–H and O–H groups in total. The Bertz CT molecular complexity index is 336. The zero-order valence-corrected chi connectivity index (χ0v) is 9.08.